The van der Waals surface area contributed by atoms with E-state index in [1.807, 2.05) is 35.8 Å². The van der Waals surface area contributed by atoms with Crippen molar-refractivity contribution in [2.75, 3.05) is 52.9 Å². The molecule has 5 nitrogen and oxygen atoms in total. The van der Waals surface area contributed by atoms with Crippen LogP contribution in [0.1, 0.15) is 32.3 Å². The van der Waals surface area contributed by atoms with Gasteiger partial charge in [-0.25, -0.2) is 9.18 Å². The standard InChI is InChI=1S/C21H33FN4O/c1-4-25(5-2)20(27)26-12-10-21(11-13-26)17-24(15-14-23(21)3)16-18-8-6-7-9-19(18)22/h6-9H,4-5,10-17H2,1-3H3. The fraction of sp³-hybridized carbons (Fsp3) is 0.667. The Balaban J connectivity index is 1.63. The zero-order chi connectivity index (χ0) is 19.4. The summed E-state index contributed by atoms with van der Waals surface area (Å²) in [5.41, 5.74) is 0.857. The predicted molar refractivity (Wildman–Crippen MR) is 106 cm³/mol. The van der Waals surface area contributed by atoms with Gasteiger partial charge in [-0.15, -0.1) is 0 Å². The fourth-order valence-corrected chi connectivity index (χ4v) is 4.50. The van der Waals surface area contributed by atoms with Crippen molar-refractivity contribution < 1.29 is 9.18 Å². The molecule has 1 aromatic rings. The molecule has 0 unspecified atom stereocenters. The van der Waals surface area contributed by atoms with Crippen LogP contribution in [0.2, 0.25) is 0 Å². The number of piperidine rings is 1. The lowest BCUT2D eigenvalue weighted by molar-refractivity contribution is -0.0255. The second-order valence-corrected chi connectivity index (χ2v) is 7.89. The van der Waals surface area contributed by atoms with E-state index in [1.165, 1.54) is 0 Å². The molecule has 2 saturated heterocycles. The van der Waals surface area contributed by atoms with E-state index in [4.69, 9.17) is 0 Å². The number of hydrogen-bond acceptors (Lipinski definition) is 3. The molecule has 2 aliphatic rings. The minimum Gasteiger partial charge on any atom is -0.325 e. The molecule has 0 N–H and O–H groups in total. The van der Waals surface area contributed by atoms with Crippen molar-refractivity contribution in [2.45, 2.75) is 38.8 Å². The van der Waals surface area contributed by atoms with Crippen molar-refractivity contribution in [1.82, 2.24) is 19.6 Å². The first-order valence-corrected chi connectivity index (χ1v) is 10.2. The molecule has 0 aliphatic carbocycles. The normalized spacial score (nSPS) is 20.8. The summed E-state index contributed by atoms with van der Waals surface area (Å²) >= 11 is 0. The van der Waals surface area contributed by atoms with Crippen molar-refractivity contribution in [2.24, 2.45) is 0 Å². The number of benzene rings is 1. The molecule has 0 saturated carbocycles. The summed E-state index contributed by atoms with van der Waals surface area (Å²) in [4.78, 5) is 21.4. The third-order valence-corrected chi connectivity index (χ3v) is 6.43. The molecule has 150 valence electrons. The third kappa shape index (κ3) is 4.27. The van der Waals surface area contributed by atoms with E-state index in [1.54, 1.807) is 12.1 Å². The second kappa shape index (κ2) is 8.57. The van der Waals surface area contributed by atoms with Gasteiger partial charge >= 0.3 is 6.03 Å². The highest BCUT2D eigenvalue weighted by molar-refractivity contribution is 5.74. The van der Waals surface area contributed by atoms with E-state index in [0.717, 1.165) is 64.2 Å². The topological polar surface area (TPSA) is 30.0 Å². The van der Waals surface area contributed by atoms with E-state index in [2.05, 4.69) is 16.8 Å². The average molecular weight is 377 g/mol. The van der Waals surface area contributed by atoms with Crippen LogP contribution in [0.15, 0.2) is 24.3 Å². The molecule has 0 radical (unpaired) electrons. The quantitative estimate of drug-likeness (QED) is 0.809. The van der Waals surface area contributed by atoms with Crippen LogP contribution < -0.4 is 0 Å². The molecule has 6 heteroatoms. The number of likely N-dealkylation sites (tertiary alicyclic amines) is 1. The first-order chi connectivity index (χ1) is 13.0. The lowest BCUT2D eigenvalue weighted by Gasteiger charge is -2.53. The van der Waals surface area contributed by atoms with Gasteiger partial charge in [-0.05, 0) is 39.8 Å². The van der Waals surface area contributed by atoms with Gasteiger partial charge in [0, 0.05) is 63.5 Å². The van der Waals surface area contributed by atoms with Crippen molar-refractivity contribution in [3.8, 4) is 0 Å². The van der Waals surface area contributed by atoms with Gasteiger partial charge in [0.15, 0.2) is 0 Å². The van der Waals surface area contributed by atoms with Crippen molar-refractivity contribution in [3.63, 3.8) is 0 Å². The number of carbonyl (C=O) groups is 1. The van der Waals surface area contributed by atoms with Gasteiger partial charge in [0.2, 0.25) is 0 Å². The molecule has 2 amide bonds. The van der Waals surface area contributed by atoms with Gasteiger partial charge in [0.25, 0.3) is 0 Å². The Bertz CT molecular complexity index is 641. The highest BCUT2D eigenvalue weighted by Gasteiger charge is 2.43. The van der Waals surface area contributed by atoms with Crippen LogP contribution in [0.25, 0.3) is 0 Å². The SMILES string of the molecule is CCN(CC)C(=O)N1CCC2(CC1)CN(Cc1ccccc1F)CCN2C. The average Bonchev–Trinajstić information content (AvgIpc) is 2.68. The number of urea groups is 1. The fourth-order valence-electron chi connectivity index (χ4n) is 4.50. The van der Waals surface area contributed by atoms with Gasteiger partial charge in [-0.1, -0.05) is 18.2 Å². The maximum Gasteiger partial charge on any atom is 0.319 e. The molecule has 3 rings (SSSR count). The maximum absolute atomic E-state index is 14.1. The van der Waals surface area contributed by atoms with Crippen LogP contribution in [0.4, 0.5) is 9.18 Å². The number of hydrogen-bond donors (Lipinski definition) is 0. The van der Waals surface area contributed by atoms with Gasteiger partial charge in [0.05, 0.1) is 0 Å². The van der Waals surface area contributed by atoms with Crippen LogP contribution in [-0.4, -0.2) is 84.0 Å². The molecule has 2 aliphatic heterocycles. The van der Waals surface area contributed by atoms with Gasteiger partial charge in [0.1, 0.15) is 5.82 Å². The molecule has 27 heavy (non-hydrogen) atoms. The maximum atomic E-state index is 14.1. The smallest absolute Gasteiger partial charge is 0.319 e. The second-order valence-electron chi connectivity index (χ2n) is 7.89. The van der Waals surface area contributed by atoms with Crippen molar-refractivity contribution >= 4 is 6.03 Å². The largest absolute Gasteiger partial charge is 0.325 e. The number of amides is 2. The highest BCUT2D eigenvalue weighted by atomic mass is 19.1. The van der Waals surface area contributed by atoms with Crippen LogP contribution in [0.3, 0.4) is 0 Å². The van der Waals surface area contributed by atoms with Gasteiger partial charge < -0.3 is 9.80 Å². The van der Waals surface area contributed by atoms with Crippen LogP contribution in [0, 0.1) is 5.82 Å². The van der Waals surface area contributed by atoms with Crippen LogP contribution >= 0.6 is 0 Å². The third-order valence-electron chi connectivity index (χ3n) is 6.43. The monoisotopic (exact) mass is 376 g/mol. The minimum atomic E-state index is -0.120. The Kier molecular flexibility index (Phi) is 6.37. The molecular formula is C21H33FN4O. The first-order valence-electron chi connectivity index (χ1n) is 10.2. The Morgan fingerprint density at radius 3 is 2.41 bits per heavy atom. The number of nitrogens with zero attached hydrogens (tertiary/aromatic N) is 4. The number of halogens is 1. The van der Waals surface area contributed by atoms with E-state index < -0.39 is 0 Å². The summed E-state index contributed by atoms with van der Waals surface area (Å²) in [6.45, 7) is 10.7. The molecule has 0 aromatic heterocycles. The summed E-state index contributed by atoms with van der Waals surface area (Å²) in [6, 6.07) is 7.23. The highest BCUT2D eigenvalue weighted by Crippen LogP contribution is 2.32. The predicted octanol–water partition coefficient (Wildman–Crippen LogP) is 2.87. The lowest BCUT2D eigenvalue weighted by atomic mass is 9.83. The zero-order valence-corrected chi connectivity index (χ0v) is 17.0. The van der Waals surface area contributed by atoms with Crippen LogP contribution in [0.5, 0.6) is 0 Å². The summed E-state index contributed by atoms with van der Waals surface area (Å²) in [6.07, 6.45) is 1.95. The van der Waals surface area contributed by atoms with E-state index in [9.17, 15) is 9.18 Å². The van der Waals surface area contributed by atoms with E-state index >= 15 is 0 Å². The van der Waals surface area contributed by atoms with Gasteiger partial charge in [-0.3, -0.25) is 9.80 Å². The number of carbonyl (C=O) groups excluding carboxylic acids is 1. The Morgan fingerprint density at radius 2 is 1.78 bits per heavy atom. The minimum absolute atomic E-state index is 0.0869. The number of rotatable bonds is 4. The lowest BCUT2D eigenvalue weighted by Crippen LogP contribution is -2.65. The molecule has 1 spiro atoms. The van der Waals surface area contributed by atoms with Crippen molar-refractivity contribution in [3.05, 3.63) is 35.6 Å². The van der Waals surface area contributed by atoms with Crippen LogP contribution in [-0.2, 0) is 6.54 Å². The molecule has 2 heterocycles. The molecule has 1 aromatic carbocycles. The number of likely N-dealkylation sites (N-methyl/N-ethyl adjacent to an activating group) is 1. The van der Waals surface area contributed by atoms with Crippen molar-refractivity contribution in [1.29, 1.82) is 0 Å². The molecule has 0 bridgehead atoms. The Morgan fingerprint density at radius 1 is 1.11 bits per heavy atom. The summed E-state index contributed by atoms with van der Waals surface area (Å²) < 4.78 is 14.1. The van der Waals surface area contributed by atoms with Gasteiger partial charge in [-0.2, -0.15) is 0 Å². The summed E-state index contributed by atoms with van der Waals surface area (Å²) in [7, 11) is 2.20. The summed E-state index contributed by atoms with van der Waals surface area (Å²) in [5, 5.41) is 0. The molecular weight excluding hydrogens is 343 g/mol. The molecule has 2 fully saturated rings. The Labute approximate surface area is 162 Å². The molecule has 0 atom stereocenters. The number of piperazine rings is 1. The zero-order valence-electron chi connectivity index (χ0n) is 17.0. The summed E-state index contributed by atoms with van der Waals surface area (Å²) in [5.74, 6) is -0.120. The van der Waals surface area contributed by atoms with E-state index in [0.29, 0.717) is 6.54 Å². The first kappa shape index (κ1) is 20.1. The van der Waals surface area contributed by atoms with E-state index in [-0.39, 0.29) is 17.4 Å². The Hall–Kier alpha value is -1.66.